The highest BCUT2D eigenvalue weighted by Crippen LogP contribution is 2.22. The topological polar surface area (TPSA) is 63.2 Å². The maximum atomic E-state index is 12.2. The molecular formula is C16H16ClNO3S. The molecule has 6 heteroatoms. The minimum atomic E-state index is -3.48. The van der Waals surface area contributed by atoms with E-state index in [0.29, 0.717) is 6.54 Å². The second-order valence-electron chi connectivity index (χ2n) is 5.03. The zero-order valence-electron chi connectivity index (χ0n) is 12.3. The van der Waals surface area contributed by atoms with Gasteiger partial charge < -0.3 is 5.32 Å². The van der Waals surface area contributed by atoms with Gasteiger partial charge in [0.05, 0.1) is 9.92 Å². The summed E-state index contributed by atoms with van der Waals surface area (Å²) in [5, 5.41) is 2.89. The van der Waals surface area contributed by atoms with Crippen LogP contribution in [0.25, 0.3) is 0 Å². The molecule has 2 aromatic rings. The van der Waals surface area contributed by atoms with Crippen molar-refractivity contribution in [1.82, 2.24) is 5.32 Å². The van der Waals surface area contributed by atoms with E-state index in [9.17, 15) is 13.2 Å². The summed E-state index contributed by atoms with van der Waals surface area (Å²) in [4.78, 5) is 12.1. The van der Waals surface area contributed by atoms with Crippen LogP contribution in [-0.2, 0) is 16.4 Å². The van der Waals surface area contributed by atoms with Crippen LogP contribution in [0.2, 0.25) is 5.02 Å². The van der Waals surface area contributed by atoms with Crippen molar-refractivity contribution >= 4 is 27.3 Å². The van der Waals surface area contributed by atoms with Crippen LogP contribution in [-0.4, -0.2) is 20.6 Å². The third-order valence-electron chi connectivity index (χ3n) is 3.29. The molecule has 0 atom stereocenters. The minimum absolute atomic E-state index is 0.0438. The Hall–Kier alpha value is -1.85. The number of carbonyl (C=O) groups is 1. The molecule has 0 saturated heterocycles. The molecule has 0 aromatic heterocycles. The fraction of sp³-hybridized carbons (Fsp3) is 0.188. The summed E-state index contributed by atoms with van der Waals surface area (Å²) < 4.78 is 23.3. The maximum Gasteiger partial charge on any atom is 0.251 e. The molecule has 0 heterocycles. The normalized spacial score (nSPS) is 11.2. The summed E-state index contributed by atoms with van der Waals surface area (Å²) in [6, 6.07) is 11.9. The molecule has 2 aromatic carbocycles. The van der Waals surface area contributed by atoms with Crippen LogP contribution in [0, 0.1) is 6.92 Å². The van der Waals surface area contributed by atoms with Crippen LogP contribution in [0.4, 0.5) is 0 Å². The molecule has 116 valence electrons. The average molecular weight is 338 g/mol. The Balaban J connectivity index is 2.19. The Morgan fingerprint density at radius 2 is 1.86 bits per heavy atom. The lowest BCUT2D eigenvalue weighted by atomic mass is 10.1. The van der Waals surface area contributed by atoms with Gasteiger partial charge in [0, 0.05) is 18.4 Å². The molecule has 2 rings (SSSR count). The van der Waals surface area contributed by atoms with Crippen LogP contribution < -0.4 is 5.32 Å². The van der Waals surface area contributed by atoms with E-state index < -0.39 is 9.84 Å². The molecule has 4 nitrogen and oxygen atoms in total. The van der Waals surface area contributed by atoms with Crippen LogP contribution in [0.3, 0.4) is 0 Å². The molecular weight excluding hydrogens is 322 g/mol. The van der Waals surface area contributed by atoms with Gasteiger partial charge in [0.1, 0.15) is 0 Å². The van der Waals surface area contributed by atoms with Gasteiger partial charge in [-0.1, -0.05) is 35.9 Å². The van der Waals surface area contributed by atoms with Crippen molar-refractivity contribution in [2.45, 2.75) is 18.4 Å². The first-order valence-electron chi connectivity index (χ1n) is 6.61. The molecule has 0 aliphatic carbocycles. The van der Waals surface area contributed by atoms with Gasteiger partial charge in [0.25, 0.3) is 5.91 Å². The van der Waals surface area contributed by atoms with Gasteiger partial charge in [-0.15, -0.1) is 0 Å². The van der Waals surface area contributed by atoms with E-state index in [1.807, 2.05) is 31.2 Å². The van der Waals surface area contributed by atoms with Crippen molar-refractivity contribution in [3.05, 3.63) is 64.2 Å². The lowest BCUT2D eigenvalue weighted by molar-refractivity contribution is 0.0950. The number of amides is 1. The summed E-state index contributed by atoms with van der Waals surface area (Å²) in [5.74, 6) is -0.343. The van der Waals surface area contributed by atoms with Gasteiger partial charge >= 0.3 is 0 Å². The van der Waals surface area contributed by atoms with E-state index >= 15 is 0 Å². The predicted octanol–water partition coefficient (Wildman–Crippen LogP) is 2.98. The van der Waals surface area contributed by atoms with Crippen molar-refractivity contribution in [2.75, 3.05) is 6.26 Å². The Morgan fingerprint density at radius 1 is 1.18 bits per heavy atom. The van der Waals surface area contributed by atoms with Crippen molar-refractivity contribution in [1.29, 1.82) is 0 Å². The summed E-state index contributed by atoms with van der Waals surface area (Å²) in [5.41, 5.74) is 2.35. The van der Waals surface area contributed by atoms with E-state index in [1.165, 1.54) is 18.2 Å². The highest BCUT2D eigenvalue weighted by molar-refractivity contribution is 7.90. The SMILES string of the molecule is Cc1ccccc1CNC(=O)c1ccc(Cl)c(S(C)(=O)=O)c1. The van der Waals surface area contributed by atoms with Crippen LogP contribution in [0.1, 0.15) is 21.5 Å². The first-order chi connectivity index (χ1) is 10.3. The smallest absolute Gasteiger partial charge is 0.251 e. The molecule has 0 fully saturated rings. The number of hydrogen-bond acceptors (Lipinski definition) is 3. The summed E-state index contributed by atoms with van der Waals surface area (Å²) in [6.07, 6.45) is 1.06. The van der Waals surface area contributed by atoms with Gasteiger partial charge in [0.15, 0.2) is 9.84 Å². The fourth-order valence-electron chi connectivity index (χ4n) is 2.01. The lowest BCUT2D eigenvalue weighted by Crippen LogP contribution is -2.23. The number of benzene rings is 2. The summed E-state index contributed by atoms with van der Waals surface area (Å²) >= 11 is 5.87. The average Bonchev–Trinajstić information content (AvgIpc) is 2.45. The Bertz CT molecular complexity index is 816. The molecule has 0 aliphatic heterocycles. The highest BCUT2D eigenvalue weighted by atomic mass is 35.5. The number of halogens is 1. The molecule has 1 N–H and O–H groups in total. The van der Waals surface area contributed by atoms with Crippen LogP contribution in [0.15, 0.2) is 47.4 Å². The fourth-order valence-corrected chi connectivity index (χ4v) is 3.32. The van der Waals surface area contributed by atoms with Gasteiger partial charge in [-0.3, -0.25) is 4.79 Å². The Kier molecular flexibility index (Phi) is 4.88. The number of hydrogen-bond donors (Lipinski definition) is 1. The molecule has 0 unspecified atom stereocenters. The molecule has 0 bridgehead atoms. The number of rotatable bonds is 4. The monoisotopic (exact) mass is 337 g/mol. The third-order valence-corrected chi connectivity index (χ3v) is 4.87. The van der Waals surface area contributed by atoms with E-state index in [4.69, 9.17) is 11.6 Å². The van der Waals surface area contributed by atoms with Crippen molar-refractivity contribution < 1.29 is 13.2 Å². The predicted molar refractivity (Wildman–Crippen MR) is 86.9 cm³/mol. The van der Waals surface area contributed by atoms with Gasteiger partial charge in [0.2, 0.25) is 0 Å². The first-order valence-corrected chi connectivity index (χ1v) is 8.88. The molecule has 0 spiro atoms. The van der Waals surface area contributed by atoms with Gasteiger partial charge in [-0.2, -0.15) is 0 Å². The van der Waals surface area contributed by atoms with Crippen molar-refractivity contribution in [3.8, 4) is 0 Å². The van der Waals surface area contributed by atoms with E-state index in [1.54, 1.807) is 0 Å². The van der Waals surface area contributed by atoms with Gasteiger partial charge in [-0.05, 0) is 36.2 Å². The third kappa shape index (κ3) is 3.87. The lowest BCUT2D eigenvalue weighted by Gasteiger charge is -2.09. The molecule has 22 heavy (non-hydrogen) atoms. The highest BCUT2D eigenvalue weighted by Gasteiger charge is 2.15. The number of carbonyl (C=O) groups excluding carboxylic acids is 1. The second kappa shape index (κ2) is 6.50. The van der Waals surface area contributed by atoms with Crippen molar-refractivity contribution in [3.63, 3.8) is 0 Å². The van der Waals surface area contributed by atoms with E-state index in [2.05, 4.69) is 5.32 Å². The summed E-state index contributed by atoms with van der Waals surface area (Å²) in [7, 11) is -3.48. The van der Waals surface area contributed by atoms with E-state index in [0.717, 1.165) is 17.4 Å². The summed E-state index contributed by atoms with van der Waals surface area (Å²) in [6.45, 7) is 2.34. The Morgan fingerprint density at radius 3 is 2.50 bits per heavy atom. The Labute approximate surface area is 135 Å². The zero-order chi connectivity index (χ0) is 16.3. The molecule has 1 amide bonds. The van der Waals surface area contributed by atoms with Crippen molar-refractivity contribution in [2.24, 2.45) is 0 Å². The maximum absolute atomic E-state index is 12.2. The largest absolute Gasteiger partial charge is 0.348 e. The van der Waals surface area contributed by atoms with Crippen LogP contribution >= 0.6 is 11.6 Å². The van der Waals surface area contributed by atoms with E-state index in [-0.39, 0.29) is 21.4 Å². The number of nitrogens with one attached hydrogen (secondary N) is 1. The minimum Gasteiger partial charge on any atom is -0.348 e. The molecule has 0 aliphatic rings. The first kappa shape index (κ1) is 16.5. The van der Waals surface area contributed by atoms with Crippen LogP contribution in [0.5, 0.6) is 0 Å². The molecule has 0 saturated carbocycles. The van der Waals surface area contributed by atoms with Gasteiger partial charge in [-0.25, -0.2) is 8.42 Å². The number of aryl methyl sites for hydroxylation is 1. The quantitative estimate of drug-likeness (QED) is 0.932. The zero-order valence-corrected chi connectivity index (χ0v) is 13.8. The number of sulfone groups is 1. The standard InChI is InChI=1S/C16H16ClNO3S/c1-11-5-3-4-6-13(11)10-18-16(19)12-7-8-14(17)15(9-12)22(2,20)21/h3-9H,10H2,1-2H3,(H,18,19). The second-order valence-corrected chi connectivity index (χ2v) is 7.42. The molecule has 0 radical (unpaired) electrons.